The largest absolute Gasteiger partial charge is 0.387 e. The molecule has 2 atom stereocenters. The van der Waals surface area contributed by atoms with Crippen LogP contribution in [0.5, 0.6) is 0 Å². The first-order valence-corrected chi connectivity index (χ1v) is 5.60. The number of ketones is 1. The highest BCUT2D eigenvalue weighted by Crippen LogP contribution is 2.38. The molecule has 0 bridgehead atoms. The molecule has 2 unspecified atom stereocenters. The van der Waals surface area contributed by atoms with Gasteiger partial charge in [-0.25, -0.2) is 0 Å². The molecule has 1 aliphatic rings. The van der Waals surface area contributed by atoms with Gasteiger partial charge >= 0.3 is 0 Å². The molecule has 86 valence electrons. The summed E-state index contributed by atoms with van der Waals surface area (Å²) in [5.74, 6) is 0.309. The Morgan fingerprint density at radius 1 is 1.07 bits per heavy atom. The van der Waals surface area contributed by atoms with Gasteiger partial charge in [0.05, 0.1) is 0 Å². The van der Waals surface area contributed by atoms with E-state index < -0.39 is 0 Å². The van der Waals surface area contributed by atoms with Crippen molar-refractivity contribution in [3.63, 3.8) is 0 Å². The van der Waals surface area contributed by atoms with Crippen molar-refractivity contribution < 1.29 is 4.79 Å². The first-order valence-electron chi connectivity index (χ1n) is 5.60. The molecule has 0 spiro atoms. The fourth-order valence-corrected chi connectivity index (χ4v) is 2.27. The third-order valence-electron chi connectivity index (χ3n) is 3.03. The molecule has 1 rings (SSSR count). The topological polar surface area (TPSA) is 29.1 Å². The Labute approximate surface area is 93.1 Å². The summed E-state index contributed by atoms with van der Waals surface area (Å²) in [5.41, 5.74) is 0.102. The van der Waals surface area contributed by atoms with Crippen molar-refractivity contribution >= 4 is 5.78 Å². The molecule has 0 aromatic carbocycles. The van der Waals surface area contributed by atoms with E-state index in [1.54, 1.807) is 12.3 Å². The maximum Gasteiger partial charge on any atom is 0.162 e. The predicted molar refractivity (Wildman–Crippen MR) is 63.5 cm³/mol. The van der Waals surface area contributed by atoms with Gasteiger partial charge in [-0.1, -0.05) is 41.5 Å². The molecule has 0 fully saturated rings. The molecular formula is C13H23NO. The zero-order valence-electron chi connectivity index (χ0n) is 10.7. The summed E-state index contributed by atoms with van der Waals surface area (Å²) in [7, 11) is 0. The van der Waals surface area contributed by atoms with Crippen molar-refractivity contribution in [2.45, 2.75) is 47.6 Å². The van der Waals surface area contributed by atoms with Crippen LogP contribution < -0.4 is 5.32 Å². The smallest absolute Gasteiger partial charge is 0.162 e. The van der Waals surface area contributed by atoms with Gasteiger partial charge in [0, 0.05) is 18.2 Å². The van der Waals surface area contributed by atoms with E-state index in [1.807, 2.05) is 0 Å². The number of hydrogen-bond donors (Lipinski definition) is 1. The minimum absolute atomic E-state index is 0.00674. The van der Waals surface area contributed by atoms with Gasteiger partial charge in [-0.2, -0.15) is 0 Å². The molecule has 0 radical (unpaired) electrons. The van der Waals surface area contributed by atoms with Crippen LogP contribution >= 0.6 is 0 Å². The number of carbonyl (C=O) groups is 1. The summed E-state index contributed by atoms with van der Waals surface area (Å²) < 4.78 is 0. The Morgan fingerprint density at radius 3 is 1.93 bits per heavy atom. The van der Waals surface area contributed by atoms with Crippen LogP contribution in [-0.4, -0.2) is 11.8 Å². The second-order valence-corrected chi connectivity index (χ2v) is 6.59. The number of rotatable bonds is 0. The van der Waals surface area contributed by atoms with Gasteiger partial charge in [-0.15, -0.1) is 0 Å². The van der Waals surface area contributed by atoms with Crippen molar-refractivity contribution in [1.29, 1.82) is 0 Å². The molecule has 1 N–H and O–H groups in total. The van der Waals surface area contributed by atoms with Crippen LogP contribution in [0.1, 0.15) is 41.5 Å². The lowest BCUT2D eigenvalue weighted by atomic mass is 9.65. The summed E-state index contributed by atoms with van der Waals surface area (Å²) in [4.78, 5) is 12.0. The van der Waals surface area contributed by atoms with Gasteiger partial charge in [0.25, 0.3) is 0 Å². The first kappa shape index (κ1) is 12.3. The van der Waals surface area contributed by atoms with Gasteiger partial charge in [0.1, 0.15) is 0 Å². The second-order valence-electron chi connectivity index (χ2n) is 6.59. The molecule has 1 heterocycles. The van der Waals surface area contributed by atoms with Crippen LogP contribution in [0, 0.1) is 16.7 Å². The monoisotopic (exact) mass is 209 g/mol. The minimum Gasteiger partial charge on any atom is -0.387 e. The molecule has 0 aromatic rings. The van der Waals surface area contributed by atoms with Crippen molar-refractivity contribution in [3.8, 4) is 0 Å². The molecule has 0 aromatic heterocycles. The minimum atomic E-state index is 0.00674. The third kappa shape index (κ3) is 2.61. The first-order chi connectivity index (χ1) is 6.64. The van der Waals surface area contributed by atoms with E-state index >= 15 is 0 Å². The lowest BCUT2D eigenvalue weighted by molar-refractivity contribution is -0.124. The highest BCUT2D eigenvalue weighted by Gasteiger charge is 2.43. The molecule has 0 saturated heterocycles. The second kappa shape index (κ2) is 3.66. The van der Waals surface area contributed by atoms with E-state index in [-0.39, 0.29) is 28.6 Å². The molecule has 2 nitrogen and oxygen atoms in total. The van der Waals surface area contributed by atoms with Gasteiger partial charge < -0.3 is 5.32 Å². The molecule has 1 aliphatic heterocycles. The average molecular weight is 209 g/mol. The van der Waals surface area contributed by atoms with Gasteiger partial charge in [-0.3, -0.25) is 4.79 Å². The lowest BCUT2D eigenvalue weighted by Crippen LogP contribution is -2.53. The number of allylic oxidation sites excluding steroid dienone is 1. The molecule has 0 aliphatic carbocycles. The average Bonchev–Trinajstić information content (AvgIpc) is 1.99. The lowest BCUT2D eigenvalue weighted by Gasteiger charge is -2.44. The maximum absolute atomic E-state index is 12.0. The Morgan fingerprint density at radius 2 is 1.60 bits per heavy atom. The zero-order chi connectivity index (χ0) is 11.9. The van der Waals surface area contributed by atoms with E-state index in [0.717, 1.165) is 0 Å². The fourth-order valence-electron chi connectivity index (χ4n) is 2.27. The van der Waals surface area contributed by atoms with Crippen LogP contribution in [0.15, 0.2) is 12.3 Å². The summed E-state index contributed by atoms with van der Waals surface area (Å²) in [5, 5.41) is 3.34. The van der Waals surface area contributed by atoms with Gasteiger partial charge in [-0.05, 0) is 16.9 Å². The van der Waals surface area contributed by atoms with Crippen molar-refractivity contribution in [2.75, 3.05) is 0 Å². The SMILES string of the molecule is CC(C)(C)C1NC=CC(=O)C1C(C)(C)C. The Balaban J connectivity index is 3.06. The maximum atomic E-state index is 12.0. The summed E-state index contributed by atoms with van der Waals surface area (Å²) in [6.45, 7) is 12.9. The Kier molecular flexibility index (Phi) is 2.99. The third-order valence-corrected chi connectivity index (χ3v) is 3.03. The van der Waals surface area contributed by atoms with Crippen molar-refractivity contribution in [1.82, 2.24) is 5.32 Å². The van der Waals surface area contributed by atoms with Crippen molar-refractivity contribution in [3.05, 3.63) is 12.3 Å². The van der Waals surface area contributed by atoms with Crippen LogP contribution in [0.2, 0.25) is 0 Å². The molecule has 0 saturated carbocycles. The Hall–Kier alpha value is -0.790. The highest BCUT2D eigenvalue weighted by atomic mass is 16.1. The number of carbonyl (C=O) groups excluding carboxylic acids is 1. The quantitative estimate of drug-likeness (QED) is 0.664. The summed E-state index contributed by atoms with van der Waals surface area (Å²) in [6, 6.07) is 0.218. The van der Waals surface area contributed by atoms with E-state index in [4.69, 9.17) is 0 Å². The van der Waals surface area contributed by atoms with E-state index in [1.165, 1.54) is 0 Å². The summed E-state index contributed by atoms with van der Waals surface area (Å²) in [6.07, 6.45) is 3.46. The van der Waals surface area contributed by atoms with Crippen LogP contribution in [-0.2, 0) is 4.79 Å². The summed E-state index contributed by atoms with van der Waals surface area (Å²) >= 11 is 0. The van der Waals surface area contributed by atoms with Crippen molar-refractivity contribution in [2.24, 2.45) is 16.7 Å². The van der Waals surface area contributed by atoms with E-state index in [9.17, 15) is 4.79 Å². The number of nitrogens with one attached hydrogen (secondary N) is 1. The standard InChI is InChI=1S/C13H23NO/c1-12(2,3)10-9(15)7-8-14-11(10)13(4,5)6/h7-8,10-11,14H,1-6H3. The Bertz CT molecular complexity index is 278. The fraction of sp³-hybridized carbons (Fsp3) is 0.769. The molecule has 2 heteroatoms. The normalized spacial score (nSPS) is 27.7. The van der Waals surface area contributed by atoms with Gasteiger partial charge in [0.15, 0.2) is 5.78 Å². The van der Waals surface area contributed by atoms with Crippen LogP contribution in [0.4, 0.5) is 0 Å². The molecular weight excluding hydrogens is 186 g/mol. The molecule has 15 heavy (non-hydrogen) atoms. The molecule has 0 amide bonds. The van der Waals surface area contributed by atoms with Gasteiger partial charge in [0.2, 0.25) is 0 Å². The highest BCUT2D eigenvalue weighted by molar-refractivity contribution is 5.93. The zero-order valence-corrected chi connectivity index (χ0v) is 10.7. The number of hydrogen-bond acceptors (Lipinski definition) is 2. The van der Waals surface area contributed by atoms with E-state index in [0.29, 0.717) is 0 Å². The van der Waals surface area contributed by atoms with Crippen LogP contribution in [0.3, 0.4) is 0 Å². The predicted octanol–water partition coefficient (Wildman–Crippen LogP) is 2.75. The van der Waals surface area contributed by atoms with E-state index in [2.05, 4.69) is 46.9 Å². The van der Waals surface area contributed by atoms with Crippen LogP contribution in [0.25, 0.3) is 0 Å².